The van der Waals surface area contributed by atoms with Crippen molar-refractivity contribution in [2.24, 2.45) is 0 Å². The van der Waals surface area contributed by atoms with E-state index in [4.69, 9.17) is 16.7 Å². The summed E-state index contributed by atoms with van der Waals surface area (Å²) in [5.41, 5.74) is 2.28. The molecule has 0 aromatic heterocycles. The molecule has 0 radical (unpaired) electrons. The molecule has 3 N–H and O–H groups in total. The summed E-state index contributed by atoms with van der Waals surface area (Å²) in [4.78, 5) is 11.8. The first-order valence-electron chi connectivity index (χ1n) is 7.23. The van der Waals surface area contributed by atoms with Crippen molar-refractivity contribution in [2.75, 3.05) is 18.4 Å². The number of hydrogen-bond acceptors (Lipinski definition) is 3. The van der Waals surface area contributed by atoms with Gasteiger partial charge < -0.3 is 15.7 Å². The number of benzene rings is 2. The Morgan fingerprint density at radius 3 is 2.52 bits per heavy atom. The number of hydrogen-bond donors (Lipinski definition) is 3. The van der Waals surface area contributed by atoms with E-state index in [9.17, 15) is 9.18 Å². The molecule has 0 aliphatic rings. The summed E-state index contributed by atoms with van der Waals surface area (Å²) in [6.45, 7) is 0.463. The molecule has 0 unspecified atom stereocenters. The first kappa shape index (κ1) is 17.2. The third kappa shape index (κ3) is 5.54. The average Bonchev–Trinajstić information content (AvgIpc) is 2.56. The highest BCUT2D eigenvalue weighted by atomic mass is 35.5. The van der Waals surface area contributed by atoms with Crippen molar-refractivity contribution in [3.8, 4) is 0 Å². The monoisotopic (exact) mass is 336 g/mol. The highest BCUT2D eigenvalue weighted by Gasteiger charge is 2.05. The first-order chi connectivity index (χ1) is 11.1. The van der Waals surface area contributed by atoms with E-state index in [0.29, 0.717) is 29.2 Å². The van der Waals surface area contributed by atoms with Crippen LogP contribution < -0.4 is 10.6 Å². The summed E-state index contributed by atoms with van der Waals surface area (Å²) < 4.78 is 12.8. The SMILES string of the molecule is O=C(CNc1cc(CO)ccc1Cl)NCCc1ccc(F)cc1. The lowest BCUT2D eigenvalue weighted by molar-refractivity contribution is -0.119. The number of amides is 1. The Kier molecular flexibility index (Phi) is 6.38. The Hall–Kier alpha value is -2.11. The third-order valence-electron chi connectivity index (χ3n) is 3.30. The van der Waals surface area contributed by atoms with Crippen LogP contribution in [-0.2, 0) is 17.8 Å². The summed E-state index contributed by atoms with van der Waals surface area (Å²) in [6, 6.07) is 11.3. The van der Waals surface area contributed by atoms with E-state index < -0.39 is 0 Å². The van der Waals surface area contributed by atoms with Crippen LogP contribution >= 0.6 is 11.6 Å². The van der Waals surface area contributed by atoms with E-state index in [1.807, 2.05) is 0 Å². The zero-order valence-corrected chi connectivity index (χ0v) is 13.2. The van der Waals surface area contributed by atoms with Gasteiger partial charge in [-0.25, -0.2) is 4.39 Å². The van der Waals surface area contributed by atoms with Crippen LogP contribution in [0.25, 0.3) is 0 Å². The lowest BCUT2D eigenvalue weighted by atomic mass is 10.1. The highest BCUT2D eigenvalue weighted by Crippen LogP contribution is 2.22. The van der Waals surface area contributed by atoms with E-state index in [1.165, 1.54) is 12.1 Å². The number of rotatable bonds is 7. The number of carbonyl (C=O) groups excluding carboxylic acids is 1. The van der Waals surface area contributed by atoms with Crippen LogP contribution in [0.3, 0.4) is 0 Å². The van der Waals surface area contributed by atoms with E-state index >= 15 is 0 Å². The topological polar surface area (TPSA) is 61.4 Å². The minimum Gasteiger partial charge on any atom is -0.392 e. The molecule has 0 aliphatic heterocycles. The Morgan fingerprint density at radius 1 is 1.13 bits per heavy atom. The molecule has 2 aromatic carbocycles. The average molecular weight is 337 g/mol. The quantitative estimate of drug-likeness (QED) is 0.728. The Balaban J connectivity index is 1.76. The van der Waals surface area contributed by atoms with Crippen molar-refractivity contribution in [1.29, 1.82) is 0 Å². The first-order valence-corrected chi connectivity index (χ1v) is 7.60. The van der Waals surface area contributed by atoms with Gasteiger partial charge in [0.25, 0.3) is 0 Å². The van der Waals surface area contributed by atoms with Crippen molar-refractivity contribution in [2.45, 2.75) is 13.0 Å². The van der Waals surface area contributed by atoms with Crippen LogP contribution in [-0.4, -0.2) is 24.1 Å². The summed E-state index contributed by atoms with van der Waals surface area (Å²) >= 11 is 6.03. The second-order valence-corrected chi connectivity index (χ2v) is 5.46. The second-order valence-electron chi connectivity index (χ2n) is 5.05. The number of anilines is 1. The zero-order valence-electron chi connectivity index (χ0n) is 12.5. The van der Waals surface area contributed by atoms with Crippen molar-refractivity contribution < 1.29 is 14.3 Å². The molecule has 0 heterocycles. The maximum atomic E-state index is 12.8. The van der Waals surface area contributed by atoms with Crippen molar-refractivity contribution in [3.05, 3.63) is 64.4 Å². The van der Waals surface area contributed by atoms with Crippen LogP contribution in [0.2, 0.25) is 5.02 Å². The van der Waals surface area contributed by atoms with Gasteiger partial charge in [-0.3, -0.25) is 4.79 Å². The van der Waals surface area contributed by atoms with E-state index in [1.54, 1.807) is 30.3 Å². The molecule has 0 spiro atoms. The van der Waals surface area contributed by atoms with Gasteiger partial charge >= 0.3 is 0 Å². The number of nitrogens with one attached hydrogen (secondary N) is 2. The highest BCUT2D eigenvalue weighted by molar-refractivity contribution is 6.33. The Morgan fingerprint density at radius 2 is 1.83 bits per heavy atom. The van der Waals surface area contributed by atoms with Gasteiger partial charge in [0.1, 0.15) is 5.82 Å². The normalized spacial score (nSPS) is 10.4. The van der Waals surface area contributed by atoms with Gasteiger partial charge in [-0.2, -0.15) is 0 Å². The summed E-state index contributed by atoms with van der Waals surface area (Å²) in [5, 5.41) is 15.3. The summed E-state index contributed by atoms with van der Waals surface area (Å²) in [7, 11) is 0. The van der Waals surface area contributed by atoms with Crippen molar-refractivity contribution in [1.82, 2.24) is 5.32 Å². The molecule has 1 amide bonds. The fraction of sp³-hybridized carbons (Fsp3) is 0.235. The molecule has 2 rings (SSSR count). The van der Waals surface area contributed by atoms with E-state index in [0.717, 1.165) is 5.56 Å². The molecule has 0 saturated heterocycles. The van der Waals surface area contributed by atoms with Crippen LogP contribution in [0.15, 0.2) is 42.5 Å². The number of aliphatic hydroxyl groups excluding tert-OH is 1. The van der Waals surface area contributed by atoms with E-state index in [-0.39, 0.29) is 24.9 Å². The van der Waals surface area contributed by atoms with Gasteiger partial charge in [-0.15, -0.1) is 0 Å². The van der Waals surface area contributed by atoms with Gasteiger partial charge in [-0.05, 0) is 41.8 Å². The van der Waals surface area contributed by atoms with Gasteiger partial charge in [-0.1, -0.05) is 29.8 Å². The molecule has 0 atom stereocenters. The minimum atomic E-state index is -0.274. The fourth-order valence-electron chi connectivity index (χ4n) is 2.04. The number of halogens is 2. The lowest BCUT2D eigenvalue weighted by Crippen LogP contribution is -2.31. The molecule has 122 valence electrons. The van der Waals surface area contributed by atoms with Crippen molar-refractivity contribution >= 4 is 23.2 Å². The second kappa shape index (κ2) is 8.50. The predicted molar refractivity (Wildman–Crippen MR) is 89.0 cm³/mol. The maximum Gasteiger partial charge on any atom is 0.239 e. The molecule has 0 fully saturated rings. The summed E-state index contributed by atoms with van der Waals surface area (Å²) in [6.07, 6.45) is 0.632. The standard InChI is InChI=1S/C17H18ClFN2O2/c18-15-6-3-13(11-22)9-16(15)21-10-17(23)20-8-7-12-1-4-14(19)5-2-12/h1-6,9,21-22H,7-8,10-11H2,(H,20,23). The Labute approximate surface area is 139 Å². The smallest absolute Gasteiger partial charge is 0.239 e. The van der Waals surface area contributed by atoms with Crippen LogP contribution in [0, 0.1) is 5.82 Å². The largest absolute Gasteiger partial charge is 0.392 e. The molecule has 23 heavy (non-hydrogen) atoms. The van der Waals surface area contributed by atoms with Crippen LogP contribution in [0.1, 0.15) is 11.1 Å². The molecule has 0 aliphatic carbocycles. The Bertz CT molecular complexity index is 662. The van der Waals surface area contributed by atoms with Gasteiger partial charge in [0.05, 0.1) is 23.9 Å². The van der Waals surface area contributed by atoms with E-state index in [2.05, 4.69) is 10.6 Å². The maximum absolute atomic E-state index is 12.8. The predicted octanol–water partition coefficient (Wildman–Crippen LogP) is 2.74. The fourth-order valence-corrected chi connectivity index (χ4v) is 2.23. The molecule has 2 aromatic rings. The molecule has 0 saturated carbocycles. The number of carbonyl (C=O) groups is 1. The molecule has 0 bridgehead atoms. The van der Waals surface area contributed by atoms with Gasteiger partial charge in [0.2, 0.25) is 5.91 Å². The molecular formula is C17H18ClFN2O2. The van der Waals surface area contributed by atoms with Crippen LogP contribution in [0.5, 0.6) is 0 Å². The molecule has 4 nitrogen and oxygen atoms in total. The molecular weight excluding hydrogens is 319 g/mol. The minimum absolute atomic E-state index is 0.0814. The third-order valence-corrected chi connectivity index (χ3v) is 3.63. The van der Waals surface area contributed by atoms with Gasteiger partial charge in [0.15, 0.2) is 0 Å². The molecule has 6 heteroatoms. The lowest BCUT2D eigenvalue weighted by Gasteiger charge is -2.10. The summed E-state index contributed by atoms with van der Waals surface area (Å²) in [5.74, 6) is -0.443. The van der Waals surface area contributed by atoms with Gasteiger partial charge in [0, 0.05) is 6.54 Å². The van der Waals surface area contributed by atoms with Crippen LogP contribution in [0.4, 0.5) is 10.1 Å². The number of aliphatic hydroxyl groups is 1. The zero-order chi connectivity index (χ0) is 16.7. The van der Waals surface area contributed by atoms with Crippen molar-refractivity contribution in [3.63, 3.8) is 0 Å².